The number of benzene rings is 10. The van der Waals surface area contributed by atoms with Gasteiger partial charge in [0.1, 0.15) is 0 Å². The zero-order valence-electron chi connectivity index (χ0n) is 28.6. The molecule has 52 heavy (non-hydrogen) atoms. The van der Waals surface area contributed by atoms with Gasteiger partial charge in [-0.05, 0) is 117 Å². The van der Waals surface area contributed by atoms with Crippen molar-refractivity contribution in [3.8, 4) is 55.6 Å². The van der Waals surface area contributed by atoms with Gasteiger partial charge in [0.15, 0.2) is 0 Å². The lowest BCUT2D eigenvalue weighted by Gasteiger charge is -2.21. The van der Waals surface area contributed by atoms with E-state index < -0.39 is 0 Å². The molecule has 0 aliphatic rings. The van der Waals surface area contributed by atoms with Crippen LogP contribution in [0.15, 0.2) is 206 Å². The van der Waals surface area contributed by atoms with Gasteiger partial charge in [-0.2, -0.15) is 0 Å². The molecule has 0 saturated heterocycles. The van der Waals surface area contributed by atoms with E-state index in [-0.39, 0.29) is 0 Å². The fourth-order valence-corrected chi connectivity index (χ4v) is 8.21. The lowest BCUT2D eigenvalue weighted by molar-refractivity contribution is 1.58. The molecule has 0 saturated carbocycles. The Morgan fingerprint density at radius 2 is 0.577 bits per heavy atom. The first-order valence-corrected chi connectivity index (χ1v) is 18.0. The van der Waals surface area contributed by atoms with Crippen molar-refractivity contribution >= 4 is 43.1 Å². The molecule has 0 spiro atoms. The Morgan fingerprint density at radius 3 is 1.12 bits per heavy atom. The topological polar surface area (TPSA) is 0 Å². The van der Waals surface area contributed by atoms with Gasteiger partial charge in [-0.3, -0.25) is 0 Å². The summed E-state index contributed by atoms with van der Waals surface area (Å²) in [5.74, 6) is 0. The van der Waals surface area contributed by atoms with Crippen LogP contribution in [-0.4, -0.2) is 0 Å². The Kier molecular flexibility index (Phi) is 7.25. The van der Waals surface area contributed by atoms with E-state index in [0.29, 0.717) is 0 Å². The molecule has 0 atom stereocenters. The number of rotatable bonds is 5. The number of fused-ring (bicyclic) bond motifs is 4. The minimum atomic E-state index is 1.20. The van der Waals surface area contributed by atoms with Crippen molar-refractivity contribution in [2.24, 2.45) is 0 Å². The van der Waals surface area contributed by atoms with E-state index in [9.17, 15) is 0 Å². The summed E-state index contributed by atoms with van der Waals surface area (Å²) in [6.45, 7) is 0. The summed E-state index contributed by atoms with van der Waals surface area (Å²) >= 11 is 0. The second-order valence-corrected chi connectivity index (χ2v) is 13.6. The fraction of sp³-hybridized carbons (Fsp3) is 0. The van der Waals surface area contributed by atoms with Crippen LogP contribution in [0.25, 0.3) is 98.7 Å². The van der Waals surface area contributed by atoms with Gasteiger partial charge < -0.3 is 0 Å². The van der Waals surface area contributed by atoms with Crippen molar-refractivity contribution < 1.29 is 0 Å². The normalized spacial score (nSPS) is 11.5. The fourth-order valence-electron chi connectivity index (χ4n) is 8.21. The average molecular weight is 659 g/mol. The average Bonchev–Trinajstić information content (AvgIpc) is 3.22. The summed E-state index contributed by atoms with van der Waals surface area (Å²) in [7, 11) is 0. The zero-order chi connectivity index (χ0) is 34.4. The summed E-state index contributed by atoms with van der Waals surface area (Å²) in [6, 6.07) is 75.7. The smallest absolute Gasteiger partial charge is 0.00199 e. The van der Waals surface area contributed by atoms with Gasteiger partial charge in [0, 0.05) is 0 Å². The van der Waals surface area contributed by atoms with Gasteiger partial charge in [-0.1, -0.05) is 188 Å². The van der Waals surface area contributed by atoms with E-state index in [1.54, 1.807) is 0 Å². The third-order valence-corrected chi connectivity index (χ3v) is 10.6. The van der Waals surface area contributed by atoms with Gasteiger partial charge in [0.05, 0.1) is 0 Å². The Morgan fingerprint density at radius 1 is 0.192 bits per heavy atom. The Hall–Kier alpha value is -6.76. The molecule has 0 radical (unpaired) electrons. The molecule has 0 heterocycles. The van der Waals surface area contributed by atoms with Crippen LogP contribution in [0.2, 0.25) is 0 Å². The largest absolute Gasteiger partial charge is 0.0622 e. The highest BCUT2D eigenvalue weighted by Gasteiger charge is 2.20. The summed E-state index contributed by atoms with van der Waals surface area (Å²) < 4.78 is 0. The summed E-state index contributed by atoms with van der Waals surface area (Å²) in [4.78, 5) is 0. The molecule has 10 aromatic rings. The molecule has 10 aromatic carbocycles. The molecule has 0 aliphatic heterocycles. The van der Waals surface area contributed by atoms with Crippen LogP contribution in [0.4, 0.5) is 0 Å². The minimum Gasteiger partial charge on any atom is -0.0622 e. The monoisotopic (exact) mass is 658 g/mol. The molecule has 0 aliphatic carbocycles. The molecule has 10 rings (SSSR count). The van der Waals surface area contributed by atoms with Gasteiger partial charge in [-0.15, -0.1) is 0 Å². The summed E-state index contributed by atoms with van der Waals surface area (Å²) in [5.41, 5.74) is 12.3. The summed E-state index contributed by atoms with van der Waals surface area (Å²) in [6.07, 6.45) is 0. The van der Waals surface area contributed by atoms with E-state index in [1.807, 2.05) is 0 Å². The predicted octanol–water partition coefficient (Wildman–Crippen LogP) is 14.6. The lowest BCUT2D eigenvalue weighted by atomic mass is 9.82. The lowest BCUT2D eigenvalue weighted by Crippen LogP contribution is -1.94. The number of hydrogen-bond donors (Lipinski definition) is 0. The highest BCUT2D eigenvalue weighted by molar-refractivity contribution is 6.22. The highest BCUT2D eigenvalue weighted by atomic mass is 14.2. The van der Waals surface area contributed by atoms with Crippen molar-refractivity contribution in [3.05, 3.63) is 206 Å². The molecule has 0 nitrogen and oxygen atoms in total. The third kappa shape index (κ3) is 5.08. The van der Waals surface area contributed by atoms with Gasteiger partial charge in [0.2, 0.25) is 0 Å². The van der Waals surface area contributed by atoms with E-state index in [2.05, 4.69) is 206 Å². The summed E-state index contributed by atoms with van der Waals surface area (Å²) in [5, 5.41) is 10.0. The van der Waals surface area contributed by atoms with Crippen molar-refractivity contribution in [3.63, 3.8) is 0 Å². The van der Waals surface area contributed by atoms with Crippen LogP contribution in [0.5, 0.6) is 0 Å². The van der Waals surface area contributed by atoms with Crippen LogP contribution in [0, 0.1) is 0 Å². The maximum absolute atomic E-state index is 2.45. The van der Waals surface area contributed by atoms with Crippen LogP contribution in [-0.2, 0) is 0 Å². The van der Waals surface area contributed by atoms with Crippen LogP contribution < -0.4 is 0 Å². The molecule has 0 unspecified atom stereocenters. The molecular weight excluding hydrogens is 625 g/mol. The number of hydrogen-bond acceptors (Lipinski definition) is 0. The molecule has 242 valence electrons. The highest BCUT2D eigenvalue weighted by Crippen LogP contribution is 2.47. The SMILES string of the molecule is c1ccc(-c2c3ccccc3c(-c3cc(-c4ccccc4-c4ccc5ccccc5c4)ccc3-c3ccc4ccccc4c3)c3ccccc23)cc1. The standard InChI is InChI=1S/C52H34/c1-2-16-37(17-3-1)51-46-22-10-12-24-48(46)52(49-25-13-11-23-47(49)51)50-34-42(30-31-45(50)41-29-27-36-15-5-7-19-39(36)33-41)44-21-9-8-20-43(44)40-28-26-35-14-4-6-18-38(35)32-40/h1-34H. The molecule has 0 N–H and O–H groups in total. The van der Waals surface area contributed by atoms with Crippen LogP contribution in [0.3, 0.4) is 0 Å². The Balaban J connectivity index is 1.28. The maximum atomic E-state index is 2.45. The van der Waals surface area contributed by atoms with E-state index in [1.165, 1.54) is 98.7 Å². The first kappa shape index (κ1) is 30.1. The van der Waals surface area contributed by atoms with Crippen molar-refractivity contribution in [1.29, 1.82) is 0 Å². The van der Waals surface area contributed by atoms with E-state index in [0.717, 1.165) is 0 Å². The quantitative estimate of drug-likeness (QED) is 0.161. The zero-order valence-corrected chi connectivity index (χ0v) is 28.6. The Bertz CT molecular complexity index is 2890. The maximum Gasteiger partial charge on any atom is -0.00199 e. The molecule has 0 fully saturated rings. The second-order valence-electron chi connectivity index (χ2n) is 13.6. The minimum absolute atomic E-state index is 1.20. The third-order valence-electron chi connectivity index (χ3n) is 10.6. The predicted molar refractivity (Wildman–Crippen MR) is 224 cm³/mol. The molecule has 0 bridgehead atoms. The first-order chi connectivity index (χ1) is 25.8. The second kappa shape index (κ2) is 12.5. The molecule has 0 heteroatoms. The van der Waals surface area contributed by atoms with Crippen molar-refractivity contribution in [2.75, 3.05) is 0 Å². The van der Waals surface area contributed by atoms with Gasteiger partial charge in [-0.25, -0.2) is 0 Å². The van der Waals surface area contributed by atoms with Crippen LogP contribution >= 0.6 is 0 Å². The first-order valence-electron chi connectivity index (χ1n) is 18.0. The molecular formula is C52H34. The van der Waals surface area contributed by atoms with Gasteiger partial charge >= 0.3 is 0 Å². The van der Waals surface area contributed by atoms with Crippen molar-refractivity contribution in [1.82, 2.24) is 0 Å². The van der Waals surface area contributed by atoms with Crippen LogP contribution in [0.1, 0.15) is 0 Å². The van der Waals surface area contributed by atoms with E-state index in [4.69, 9.17) is 0 Å². The van der Waals surface area contributed by atoms with Gasteiger partial charge in [0.25, 0.3) is 0 Å². The Labute approximate surface area is 303 Å². The molecule has 0 aromatic heterocycles. The molecule has 0 amide bonds. The van der Waals surface area contributed by atoms with Crippen molar-refractivity contribution in [2.45, 2.75) is 0 Å². The van der Waals surface area contributed by atoms with E-state index >= 15 is 0 Å².